The molecule has 0 bridgehead atoms. The lowest BCUT2D eigenvalue weighted by atomic mass is 9.93. The molecule has 0 radical (unpaired) electrons. The second-order valence-electron chi connectivity index (χ2n) is 6.65. The van der Waals surface area contributed by atoms with E-state index in [1.807, 2.05) is 13.0 Å². The first-order chi connectivity index (χ1) is 12.6. The number of fused-ring (bicyclic) bond motifs is 1. The van der Waals surface area contributed by atoms with Gasteiger partial charge in [0.15, 0.2) is 11.5 Å². The van der Waals surface area contributed by atoms with Gasteiger partial charge in [0.05, 0.1) is 13.7 Å². The molecule has 0 fully saturated rings. The fourth-order valence-corrected chi connectivity index (χ4v) is 3.05. The molecule has 0 aliphatic carbocycles. The van der Waals surface area contributed by atoms with Crippen molar-refractivity contribution >= 4 is 11.4 Å². The third kappa shape index (κ3) is 3.79. The van der Waals surface area contributed by atoms with Crippen molar-refractivity contribution in [1.82, 2.24) is 0 Å². The summed E-state index contributed by atoms with van der Waals surface area (Å²) in [4.78, 5) is 0. The van der Waals surface area contributed by atoms with E-state index in [1.54, 1.807) is 7.11 Å². The van der Waals surface area contributed by atoms with Crippen LogP contribution in [0.2, 0.25) is 0 Å². The lowest BCUT2D eigenvalue weighted by molar-refractivity contribution is 0.286. The van der Waals surface area contributed by atoms with Crippen LogP contribution in [-0.4, -0.2) is 25.1 Å². The summed E-state index contributed by atoms with van der Waals surface area (Å²) in [5.41, 5.74) is 6.27. The zero-order valence-electron chi connectivity index (χ0n) is 16.0. The summed E-state index contributed by atoms with van der Waals surface area (Å²) in [6, 6.07) is 12.4. The molecular weight excluding hydrogens is 324 g/mol. The summed E-state index contributed by atoms with van der Waals surface area (Å²) in [5, 5.41) is 8.97. The van der Waals surface area contributed by atoms with Gasteiger partial charge >= 0.3 is 0 Å². The molecule has 0 atom stereocenters. The van der Waals surface area contributed by atoms with E-state index in [-0.39, 0.29) is 0 Å². The van der Waals surface area contributed by atoms with Gasteiger partial charge in [0.2, 0.25) is 0 Å². The van der Waals surface area contributed by atoms with Crippen molar-refractivity contribution in [2.24, 2.45) is 10.2 Å². The summed E-state index contributed by atoms with van der Waals surface area (Å²) >= 11 is 0. The Labute approximate surface area is 155 Å². The second kappa shape index (κ2) is 8.17. The van der Waals surface area contributed by atoms with Crippen LogP contribution in [0, 0.1) is 6.92 Å². The minimum absolute atomic E-state index is 0.677. The van der Waals surface area contributed by atoms with E-state index in [9.17, 15) is 0 Å². The van der Waals surface area contributed by atoms with Crippen molar-refractivity contribution in [3.8, 4) is 11.5 Å². The Balaban J connectivity index is 2.12. The number of methoxy groups -OCH3 is 1. The van der Waals surface area contributed by atoms with E-state index >= 15 is 0 Å². The van der Waals surface area contributed by atoms with Crippen LogP contribution in [0.4, 0.5) is 0 Å². The van der Waals surface area contributed by atoms with Gasteiger partial charge in [0.25, 0.3) is 0 Å². The zero-order chi connectivity index (χ0) is 18.5. The number of unbranched alkanes of at least 4 members (excludes halogenated alkanes) is 1. The van der Waals surface area contributed by atoms with Crippen LogP contribution >= 0.6 is 0 Å². The standard InChI is InChI=1S/C22H26N2O2/c1-5-6-13-26-22-19-14-16(3)23-24-21(17-9-7-15(2)8-10-17)18(19)11-12-20(22)25-4/h7-12H,5-6,13-14H2,1-4H3. The van der Waals surface area contributed by atoms with Crippen molar-refractivity contribution in [3.05, 3.63) is 58.7 Å². The SMILES string of the molecule is CCCCOc1c(OC)ccc2c1CC(C)=NN=C2c1ccc(C)cc1. The number of ether oxygens (including phenoxy) is 2. The fraction of sp³-hybridized carbons (Fsp3) is 0.364. The molecule has 0 amide bonds. The molecule has 0 spiro atoms. The third-order valence-corrected chi connectivity index (χ3v) is 4.52. The summed E-state index contributed by atoms with van der Waals surface area (Å²) in [7, 11) is 1.68. The predicted octanol–water partition coefficient (Wildman–Crippen LogP) is 4.95. The molecular formula is C22H26N2O2. The molecule has 1 heterocycles. The Kier molecular flexibility index (Phi) is 5.71. The fourth-order valence-electron chi connectivity index (χ4n) is 3.05. The van der Waals surface area contributed by atoms with Gasteiger partial charge in [0.1, 0.15) is 5.71 Å². The normalized spacial score (nSPS) is 13.4. The molecule has 0 saturated heterocycles. The van der Waals surface area contributed by atoms with Gasteiger partial charge in [-0.05, 0) is 32.4 Å². The van der Waals surface area contributed by atoms with Gasteiger partial charge in [-0.3, -0.25) is 0 Å². The number of hydrogen-bond acceptors (Lipinski definition) is 4. The van der Waals surface area contributed by atoms with Gasteiger partial charge in [-0.2, -0.15) is 5.10 Å². The van der Waals surface area contributed by atoms with Crippen LogP contribution < -0.4 is 9.47 Å². The van der Waals surface area contributed by atoms with E-state index in [4.69, 9.17) is 9.47 Å². The van der Waals surface area contributed by atoms with Crippen LogP contribution in [0.3, 0.4) is 0 Å². The van der Waals surface area contributed by atoms with Crippen LogP contribution in [0.25, 0.3) is 0 Å². The van der Waals surface area contributed by atoms with Crippen LogP contribution in [0.15, 0.2) is 46.6 Å². The highest BCUT2D eigenvalue weighted by molar-refractivity contribution is 6.15. The van der Waals surface area contributed by atoms with Crippen LogP contribution in [0.5, 0.6) is 11.5 Å². The Bertz CT molecular complexity index is 836. The van der Waals surface area contributed by atoms with Gasteiger partial charge < -0.3 is 9.47 Å². The van der Waals surface area contributed by atoms with E-state index in [2.05, 4.69) is 54.4 Å². The minimum Gasteiger partial charge on any atom is -0.493 e. The molecule has 0 aromatic heterocycles. The molecule has 4 heteroatoms. The monoisotopic (exact) mass is 350 g/mol. The number of hydrogen-bond donors (Lipinski definition) is 0. The predicted molar refractivity (Wildman–Crippen MR) is 107 cm³/mol. The molecule has 4 nitrogen and oxygen atoms in total. The van der Waals surface area contributed by atoms with E-state index in [0.29, 0.717) is 13.0 Å². The van der Waals surface area contributed by atoms with Gasteiger partial charge in [-0.15, -0.1) is 5.10 Å². The molecule has 0 saturated carbocycles. The Hall–Kier alpha value is -2.62. The molecule has 1 aliphatic heterocycles. The number of benzene rings is 2. The van der Waals surface area contributed by atoms with Crippen molar-refractivity contribution in [2.45, 2.75) is 40.0 Å². The maximum absolute atomic E-state index is 6.14. The number of aryl methyl sites for hydroxylation is 1. The highest BCUT2D eigenvalue weighted by Gasteiger charge is 2.22. The van der Waals surface area contributed by atoms with Crippen molar-refractivity contribution in [1.29, 1.82) is 0 Å². The Morgan fingerprint density at radius 2 is 1.77 bits per heavy atom. The molecule has 2 aromatic rings. The van der Waals surface area contributed by atoms with E-state index in [1.165, 1.54) is 5.56 Å². The Morgan fingerprint density at radius 3 is 2.46 bits per heavy atom. The topological polar surface area (TPSA) is 43.2 Å². The highest BCUT2D eigenvalue weighted by atomic mass is 16.5. The summed E-state index contributed by atoms with van der Waals surface area (Å²) in [6.45, 7) is 6.92. The highest BCUT2D eigenvalue weighted by Crippen LogP contribution is 2.36. The summed E-state index contributed by atoms with van der Waals surface area (Å²) in [5.74, 6) is 1.58. The second-order valence-corrected chi connectivity index (χ2v) is 6.65. The maximum atomic E-state index is 6.14. The Morgan fingerprint density at radius 1 is 1.00 bits per heavy atom. The first kappa shape index (κ1) is 18.2. The molecule has 0 N–H and O–H groups in total. The summed E-state index contributed by atoms with van der Waals surface area (Å²) < 4.78 is 11.7. The molecule has 2 aromatic carbocycles. The van der Waals surface area contributed by atoms with E-state index < -0.39 is 0 Å². The molecule has 1 aliphatic rings. The van der Waals surface area contributed by atoms with Gasteiger partial charge in [-0.1, -0.05) is 43.2 Å². The van der Waals surface area contributed by atoms with Crippen LogP contribution in [-0.2, 0) is 6.42 Å². The molecule has 3 rings (SSSR count). The van der Waals surface area contributed by atoms with Crippen molar-refractivity contribution in [3.63, 3.8) is 0 Å². The third-order valence-electron chi connectivity index (χ3n) is 4.52. The maximum Gasteiger partial charge on any atom is 0.165 e. The van der Waals surface area contributed by atoms with Gasteiger partial charge in [0, 0.05) is 28.8 Å². The molecule has 136 valence electrons. The molecule has 0 unspecified atom stereocenters. The largest absolute Gasteiger partial charge is 0.493 e. The van der Waals surface area contributed by atoms with E-state index in [0.717, 1.165) is 52.5 Å². The van der Waals surface area contributed by atoms with Crippen LogP contribution in [0.1, 0.15) is 48.9 Å². The molecule has 26 heavy (non-hydrogen) atoms. The first-order valence-electron chi connectivity index (χ1n) is 9.15. The lowest BCUT2D eigenvalue weighted by Crippen LogP contribution is -2.11. The first-order valence-corrected chi connectivity index (χ1v) is 9.15. The number of rotatable bonds is 6. The van der Waals surface area contributed by atoms with Crippen molar-refractivity contribution in [2.75, 3.05) is 13.7 Å². The average molecular weight is 350 g/mol. The smallest absolute Gasteiger partial charge is 0.165 e. The quantitative estimate of drug-likeness (QED) is 0.692. The lowest BCUT2D eigenvalue weighted by Gasteiger charge is -2.18. The summed E-state index contributed by atoms with van der Waals surface area (Å²) in [6.07, 6.45) is 2.81. The number of nitrogens with zero attached hydrogens (tertiary/aromatic N) is 2. The van der Waals surface area contributed by atoms with Crippen molar-refractivity contribution < 1.29 is 9.47 Å². The minimum atomic E-state index is 0.677. The zero-order valence-corrected chi connectivity index (χ0v) is 16.0. The average Bonchev–Trinajstić information content (AvgIpc) is 2.81. The van der Waals surface area contributed by atoms with Gasteiger partial charge in [-0.25, -0.2) is 0 Å².